The van der Waals surface area contributed by atoms with Crippen LogP contribution in [-0.2, 0) is 38.3 Å². The summed E-state index contributed by atoms with van der Waals surface area (Å²) < 4.78 is 39.7. The van der Waals surface area contributed by atoms with E-state index in [1.807, 2.05) is 0 Å². The fourth-order valence-corrected chi connectivity index (χ4v) is 2.97. The van der Waals surface area contributed by atoms with Crippen LogP contribution in [0.1, 0.15) is 34.1 Å². The Bertz CT molecular complexity index is 480. The molecule has 0 aliphatic carbocycles. The Morgan fingerprint density at radius 2 is 1.88 bits per heavy atom. The van der Waals surface area contributed by atoms with E-state index in [1.165, 1.54) is 6.92 Å². The Hall–Kier alpha value is -0.880. The molecule has 0 aromatic heterocycles. The maximum atomic E-state index is 11.7. The van der Waals surface area contributed by atoms with E-state index in [2.05, 4.69) is 9.46 Å². The summed E-state index contributed by atoms with van der Waals surface area (Å²) in [6.45, 7) is 6.19. The van der Waals surface area contributed by atoms with Crippen molar-refractivity contribution in [2.45, 2.75) is 46.3 Å². The zero-order chi connectivity index (χ0) is 18.6. The number of carbonyl (C=O) groups is 2. The smallest absolute Gasteiger partial charge is 0.347 e. The molecule has 0 spiro atoms. The number of carbonyl (C=O) groups excluding carboxylic acids is 2. The highest BCUT2D eigenvalue weighted by Gasteiger charge is 2.20. The van der Waals surface area contributed by atoms with E-state index in [4.69, 9.17) is 14.0 Å². The molecule has 1 unspecified atom stereocenters. The predicted molar refractivity (Wildman–Crippen MR) is 88.4 cm³/mol. The number of esters is 2. The average Bonchev–Trinajstić information content (AvgIpc) is 2.48. The highest BCUT2D eigenvalue weighted by molar-refractivity contribution is 7.94. The van der Waals surface area contributed by atoms with Gasteiger partial charge in [-0.3, -0.25) is 4.79 Å². The van der Waals surface area contributed by atoms with Crippen molar-refractivity contribution in [3.8, 4) is 0 Å². The molecule has 1 N–H and O–H groups in total. The summed E-state index contributed by atoms with van der Waals surface area (Å²) in [5, 5.41) is 0. The largest absolute Gasteiger partial charge is 0.463 e. The third kappa shape index (κ3) is 12.5. The summed E-state index contributed by atoms with van der Waals surface area (Å²) in [4.78, 5) is 27.6. The maximum absolute atomic E-state index is 11.7. The molecule has 1 atom stereocenters. The van der Waals surface area contributed by atoms with Crippen molar-refractivity contribution < 1.29 is 36.7 Å². The molecule has 0 aliphatic heterocycles. The first-order chi connectivity index (χ1) is 11.2. The molecule has 0 amide bonds. The number of rotatable bonds is 13. The standard InChI is InChI=1S/C13H25NO8S2/c1-5-19-13(16)11(4)20-12(15)9-14-24(17,18)8-6-7-23-22-21-10(2)3/h10-11,14H,5-9H2,1-4H3. The van der Waals surface area contributed by atoms with Crippen LogP contribution in [0.4, 0.5) is 0 Å². The zero-order valence-electron chi connectivity index (χ0n) is 14.3. The van der Waals surface area contributed by atoms with Crippen LogP contribution >= 0.6 is 12.0 Å². The first-order valence-corrected chi connectivity index (χ1v) is 10.0. The molecule has 0 saturated heterocycles. The van der Waals surface area contributed by atoms with Gasteiger partial charge in [0, 0.05) is 17.8 Å². The normalized spacial score (nSPS) is 12.9. The molecular formula is C13H25NO8S2. The highest BCUT2D eigenvalue weighted by Crippen LogP contribution is 2.07. The lowest BCUT2D eigenvalue weighted by Gasteiger charge is -2.12. The van der Waals surface area contributed by atoms with Crippen molar-refractivity contribution in [2.24, 2.45) is 0 Å². The fraction of sp³-hybridized carbons (Fsp3) is 0.846. The molecule has 0 saturated carbocycles. The van der Waals surface area contributed by atoms with Crippen molar-refractivity contribution in [3.63, 3.8) is 0 Å². The lowest BCUT2D eigenvalue weighted by molar-refractivity contribution is -0.220. The second-order valence-corrected chi connectivity index (χ2v) is 7.62. The lowest BCUT2D eigenvalue weighted by Crippen LogP contribution is -2.35. The van der Waals surface area contributed by atoms with Crippen molar-refractivity contribution in [2.75, 3.05) is 24.7 Å². The van der Waals surface area contributed by atoms with Crippen molar-refractivity contribution >= 4 is 34.0 Å². The van der Waals surface area contributed by atoms with Gasteiger partial charge in [0.1, 0.15) is 6.54 Å². The zero-order valence-corrected chi connectivity index (χ0v) is 15.9. The predicted octanol–water partition coefficient (Wildman–Crippen LogP) is 0.796. The van der Waals surface area contributed by atoms with Gasteiger partial charge in [-0.15, -0.1) is 0 Å². The average molecular weight is 387 g/mol. The fourth-order valence-electron chi connectivity index (χ4n) is 1.24. The van der Waals surface area contributed by atoms with Gasteiger partial charge < -0.3 is 9.47 Å². The number of hydrogen-bond donors (Lipinski definition) is 1. The minimum Gasteiger partial charge on any atom is -0.463 e. The van der Waals surface area contributed by atoms with Crippen LogP contribution < -0.4 is 4.72 Å². The molecule has 142 valence electrons. The molecular weight excluding hydrogens is 362 g/mol. The van der Waals surface area contributed by atoms with E-state index in [9.17, 15) is 18.0 Å². The van der Waals surface area contributed by atoms with E-state index in [-0.39, 0.29) is 18.5 Å². The molecule has 0 rings (SSSR count). The Morgan fingerprint density at radius 3 is 2.46 bits per heavy atom. The van der Waals surface area contributed by atoms with Gasteiger partial charge in [-0.2, -0.15) is 4.33 Å². The molecule has 0 aromatic rings. The Balaban J connectivity index is 3.94. The molecule has 0 aliphatic rings. The Labute approximate surface area is 146 Å². The van der Waals surface area contributed by atoms with E-state index < -0.39 is 34.6 Å². The summed E-state index contributed by atoms with van der Waals surface area (Å²) in [7, 11) is -3.62. The van der Waals surface area contributed by atoms with E-state index >= 15 is 0 Å². The monoisotopic (exact) mass is 387 g/mol. The maximum Gasteiger partial charge on any atom is 0.347 e. The molecule has 0 heterocycles. The van der Waals surface area contributed by atoms with Crippen LogP contribution in [0.2, 0.25) is 0 Å². The van der Waals surface area contributed by atoms with E-state index in [1.54, 1.807) is 20.8 Å². The molecule has 11 heteroatoms. The van der Waals surface area contributed by atoms with Crippen LogP contribution in [0, 0.1) is 0 Å². The van der Waals surface area contributed by atoms with Gasteiger partial charge in [-0.25, -0.2) is 22.8 Å². The quantitative estimate of drug-likeness (QED) is 0.161. The number of ether oxygens (including phenoxy) is 2. The molecule has 0 fully saturated rings. The van der Waals surface area contributed by atoms with Crippen LogP contribution in [0.5, 0.6) is 0 Å². The molecule has 0 aromatic carbocycles. The number of sulfonamides is 1. The van der Waals surface area contributed by atoms with Gasteiger partial charge in [-0.1, -0.05) is 0 Å². The third-order valence-corrected chi connectivity index (χ3v) is 4.32. The minimum atomic E-state index is -3.62. The highest BCUT2D eigenvalue weighted by atomic mass is 32.2. The Kier molecular flexibility index (Phi) is 12.0. The van der Waals surface area contributed by atoms with Crippen LogP contribution in [0.25, 0.3) is 0 Å². The van der Waals surface area contributed by atoms with Crippen LogP contribution in [0.3, 0.4) is 0 Å². The van der Waals surface area contributed by atoms with Crippen molar-refractivity contribution in [1.29, 1.82) is 0 Å². The lowest BCUT2D eigenvalue weighted by atomic mass is 10.4. The Morgan fingerprint density at radius 1 is 1.21 bits per heavy atom. The minimum absolute atomic E-state index is 0.0779. The first kappa shape index (κ1) is 23.1. The molecule has 24 heavy (non-hydrogen) atoms. The van der Waals surface area contributed by atoms with Crippen molar-refractivity contribution in [1.82, 2.24) is 4.72 Å². The SMILES string of the molecule is CCOC(=O)C(C)OC(=O)CNS(=O)(=O)CCCSOOC(C)C. The van der Waals surface area contributed by atoms with Gasteiger partial charge >= 0.3 is 11.9 Å². The topological polar surface area (TPSA) is 117 Å². The van der Waals surface area contributed by atoms with E-state index in [0.717, 1.165) is 12.0 Å². The van der Waals surface area contributed by atoms with Gasteiger partial charge in [-0.05, 0) is 34.1 Å². The van der Waals surface area contributed by atoms with Gasteiger partial charge in [0.05, 0.1) is 18.5 Å². The summed E-state index contributed by atoms with van der Waals surface area (Å²) in [6, 6.07) is 0. The summed E-state index contributed by atoms with van der Waals surface area (Å²) in [5.74, 6) is -1.31. The summed E-state index contributed by atoms with van der Waals surface area (Å²) >= 11 is 1.01. The van der Waals surface area contributed by atoms with Gasteiger partial charge in [0.15, 0.2) is 6.10 Å². The van der Waals surface area contributed by atoms with Gasteiger partial charge in [0.25, 0.3) is 0 Å². The summed E-state index contributed by atoms with van der Waals surface area (Å²) in [6.07, 6.45) is -0.849. The van der Waals surface area contributed by atoms with E-state index in [0.29, 0.717) is 12.2 Å². The molecule has 0 radical (unpaired) electrons. The number of hydrogen-bond acceptors (Lipinski definition) is 9. The second kappa shape index (κ2) is 12.5. The van der Waals surface area contributed by atoms with Crippen LogP contribution in [-0.4, -0.2) is 57.2 Å². The van der Waals surface area contributed by atoms with Crippen molar-refractivity contribution in [3.05, 3.63) is 0 Å². The van der Waals surface area contributed by atoms with Gasteiger partial charge in [0.2, 0.25) is 10.0 Å². The molecule has 9 nitrogen and oxygen atoms in total. The van der Waals surface area contributed by atoms with Crippen LogP contribution in [0.15, 0.2) is 0 Å². The first-order valence-electron chi connectivity index (χ1n) is 7.46. The number of nitrogens with one attached hydrogen (secondary N) is 1. The molecule has 0 bridgehead atoms. The summed E-state index contributed by atoms with van der Waals surface area (Å²) in [5.41, 5.74) is 0. The third-order valence-electron chi connectivity index (χ3n) is 2.28. The second-order valence-electron chi connectivity index (χ2n) is 4.91.